The van der Waals surface area contributed by atoms with Gasteiger partial charge in [0.05, 0.1) is 6.20 Å². The number of ether oxygens (including phenoxy) is 1. The normalized spacial score (nSPS) is 11.4. The topological polar surface area (TPSA) is 61.0 Å². The minimum atomic E-state index is -4.37. The second-order valence-corrected chi connectivity index (χ2v) is 2.51. The number of halogens is 3. The predicted octanol–water partition coefficient (Wildman–Crippen LogP) is 0.876. The van der Waals surface area contributed by atoms with E-state index in [-0.39, 0.29) is 12.4 Å². The van der Waals surface area contributed by atoms with Gasteiger partial charge in [-0.05, 0) is 5.56 Å². The molecule has 14 heavy (non-hydrogen) atoms. The van der Waals surface area contributed by atoms with E-state index in [1.165, 1.54) is 12.3 Å². The highest BCUT2D eigenvalue weighted by atomic mass is 19.4. The molecule has 78 valence electrons. The zero-order chi connectivity index (χ0) is 10.6. The van der Waals surface area contributed by atoms with Crippen LogP contribution in [0.3, 0.4) is 0 Å². The smallest absolute Gasteiger partial charge is 0.422 e. The standard InChI is InChI=1S/C7H8F3N3O/c8-7(9,10)4-14-6-1-5(2-11)3-12-13-6/h1,3H,2,4,11H2. The van der Waals surface area contributed by atoms with Crippen LogP contribution in [-0.2, 0) is 6.54 Å². The van der Waals surface area contributed by atoms with Crippen molar-refractivity contribution in [1.82, 2.24) is 10.2 Å². The Kier molecular flexibility index (Phi) is 3.23. The summed E-state index contributed by atoms with van der Waals surface area (Å²) in [6.07, 6.45) is -3.01. The van der Waals surface area contributed by atoms with Gasteiger partial charge >= 0.3 is 6.18 Å². The van der Waals surface area contributed by atoms with E-state index in [4.69, 9.17) is 5.73 Å². The van der Waals surface area contributed by atoms with Gasteiger partial charge in [0, 0.05) is 12.6 Å². The second kappa shape index (κ2) is 4.23. The van der Waals surface area contributed by atoms with Gasteiger partial charge in [-0.3, -0.25) is 0 Å². The van der Waals surface area contributed by atoms with Crippen LogP contribution in [0.5, 0.6) is 5.88 Å². The van der Waals surface area contributed by atoms with Gasteiger partial charge in [0.2, 0.25) is 5.88 Å². The van der Waals surface area contributed by atoms with Crippen molar-refractivity contribution >= 4 is 0 Å². The van der Waals surface area contributed by atoms with E-state index in [2.05, 4.69) is 14.9 Å². The summed E-state index contributed by atoms with van der Waals surface area (Å²) in [6.45, 7) is -1.20. The minimum absolute atomic E-state index is 0.176. The third kappa shape index (κ3) is 3.56. The molecular weight excluding hydrogens is 199 g/mol. The maximum absolute atomic E-state index is 11.7. The van der Waals surface area contributed by atoms with Gasteiger partial charge in [-0.25, -0.2) is 0 Å². The molecule has 0 aliphatic rings. The molecule has 0 fully saturated rings. The van der Waals surface area contributed by atoms with Gasteiger partial charge in [-0.1, -0.05) is 0 Å². The monoisotopic (exact) mass is 207 g/mol. The Morgan fingerprint density at radius 3 is 2.71 bits per heavy atom. The fourth-order valence-electron chi connectivity index (χ4n) is 0.723. The zero-order valence-corrected chi connectivity index (χ0v) is 7.08. The molecule has 1 heterocycles. The van der Waals surface area contributed by atoms with Gasteiger partial charge in [-0.2, -0.15) is 18.3 Å². The third-order valence-electron chi connectivity index (χ3n) is 1.31. The average Bonchev–Trinajstić information content (AvgIpc) is 2.14. The molecule has 1 aromatic heterocycles. The summed E-state index contributed by atoms with van der Waals surface area (Å²) in [5, 5.41) is 6.80. The predicted molar refractivity (Wildman–Crippen MR) is 41.5 cm³/mol. The summed E-state index contributed by atoms with van der Waals surface area (Å²) < 4.78 is 39.5. The van der Waals surface area contributed by atoms with Gasteiger partial charge in [0.25, 0.3) is 0 Å². The molecule has 0 saturated heterocycles. The van der Waals surface area contributed by atoms with Crippen LogP contribution in [-0.4, -0.2) is 23.0 Å². The lowest BCUT2D eigenvalue weighted by Crippen LogP contribution is -2.19. The molecule has 0 bridgehead atoms. The van der Waals surface area contributed by atoms with Gasteiger partial charge in [-0.15, -0.1) is 5.10 Å². The highest BCUT2D eigenvalue weighted by Crippen LogP contribution is 2.16. The van der Waals surface area contributed by atoms with E-state index in [0.717, 1.165) is 0 Å². The molecule has 4 nitrogen and oxygen atoms in total. The summed E-state index contributed by atoms with van der Waals surface area (Å²) >= 11 is 0. The maximum Gasteiger partial charge on any atom is 0.422 e. The number of hydrogen-bond acceptors (Lipinski definition) is 4. The van der Waals surface area contributed by atoms with Crippen molar-refractivity contribution in [1.29, 1.82) is 0 Å². The van der Waals surface area contributed by atoms with Crippen molar-refractivity contribution in [2.45, 2.75) is 12.7 Å². The van der Waals surface area contributed by atoms with E-state index in [9.17, 15) is 13.2 Å². The number of nitrogens with zero attached hydrogens (tertiary/aromatic N) is 2. The molecule has 0 spiro atoms. The molecule has 0 atom stereocenters. The van der Waals surface area contributed by atoms with Crippen molar-refractivity contribution in [3.63, 3.8) is 0 Å². The molecule has 1 aromatic rings. The Bertz CT molecular complexity index is 302. The van der Waals surface area contributed by atoms with E-state index in [1.54, 1.807) is 0 Å². The summed E-state index contributed by atoms with van der Waals surface area (Å²) in [6, 6.07) is 1.32. The van der Waals surface area contributed by atoms with Crippen molar-refractivity contribution in [3.8, 4) is 5.88 Å². The Balaban J connectivity index is 2.59. The van der Waals surface area contributed by atoms with Gasteiger partial charge in [0.1, 0.15) is 0 Å². The lowest BCUT2D eigenvalue weighted by atomic mass is 10.3. The second-order valence-electron chi connectivity index (χ2n) is 2.51. The Hall–Kier alpha value is -1.37. The third-order valence-corrected chi connectivity index (χ3v) is 1.31. The number of nitrogens with two attached hydrogens (primary N) is 1. The van der Waals surface area contributed by atoms with Crippen LogP contribution in [0.4, 0.5) is 13.2 Å². The van der Waals surface area contributed by atoms with Gasteiger partial charge < -0.3 is 10.5 Å². The number of rotatable bonds is 3. The number of alkyl halides is 3. The molecule has 0 aliphatic heterocycles. The summed E-state index contributed by atoms with van der Waals surface area (Å²) in [7, 11) is 0. The van der Waals surface area contributed by atoms with Crippen LogP contribution in [0, 0.1) is 0 Å². The van der Waals surface area contributed by atoms with Crippen molar-refractivity contribution in [2.24, 2.45) is 5.73 Å². The number of hydrogen-bond donors (Lipinski definition) is 1. The fourth-order valence-corrected chi connectivity index (χ4v) is 0.723. The molecule has 0 amide bonds. The van der Waals surface area contributed by atoms with E-state index in [0.29, 0.717) is 5.56 Å². The molecule has 2 N–H and O–H groups in total. The lowest BCUT2D eigenvalue weighted by Gasteiger charge is -2.07. The lowest BCUT2D eigenvalue weighted by molar-refractivity contribution is -0.154. The fraction of sp³-hybridized carbons (Fsp3) is 0.429. The van der Waals surface area contributed by atoms with Crippen molar-refractivity contribution in [2.75, 3.05) is 6.61 Å². The molecule has 0 radical (unpaired) electrons. The minimum Gasteiger partial charge on any atom is -0.467 e. The molecule has 1 rings (SSSR count). The van der Waals surface area contributed by atoms with E-state index < -0.39 is 12.8 Å². The van der Waals surface area contributed by atoms with Crippen LogP contribution in [0.1, 0.15) is 5.56 Å². The molecule has 7 heteroatoms. The molecule has 0 aromatic carbocycles. The first-order valence-electron chi connectivity index (χ1n) is 3.72. The van der Waals surface area contributed by atoms with E-state index >= 15 is 0 Å². The highest BCUT2D eigenvalue weighted by Gasteiger charge is 2.28. The summed E-state index contributed by atoms with van der Waals surface area (Å²) in [4.78, 5) is 0. The summed E-state index contributed by atoms with van der Waals surface area (Å²) in [5.74, 6) is -0.176. The first kappa shape index (κ1) is 10.7. The van der Waals surface area contributed by atoms with Crippen molar-refractivity contribution < 1.29 is 17.9 Å². The van der Waals surface area contributed by atoms with Crippen LogP contribution < -0.4 is 10.5 Å². The van der Waals surface area contributed by atoms with Crippen LogP contribution in [0.2, 0.25) is 0 Å². The van der Waals surface area contributed by atoms with E-state index in [1.807, 2.05) is 0 Å². The van der Waals surface area contributed by atoms with Crippen LogP contribution in [0.15, 0.2) is 12.3 Å². The average molecular weight is 207 g/mol. The SMILES string of the molecule is NCc1cnnc(OCC(F)(F)F)c1. The molecule has 0 aliphatic carbocycles. The van der Waals surface area contributed by atoms with Gasteiger partial charge in [0.15, 0.2) is 6.61 Å². The zero-order valence-electron chi connectivity index (χ0n) is 7.08. The first-order chi connectivity index (χ1) is 6.51. The van der Waals surface area contributed by atoms with Crippen LogP contribution >= 0.6 is 0 Å². The first-order valence-corrected chi connectivity index (χ1v) is 3.72. The number of aromatic nitrogens is 2. The summed E-state index contributed by atoms with van der Waals surface area (Å²) in [5.41, 5.74) is 5.82. The largest absolute Gasteiger partial charge is 0.467 e. The Morgan fingerprint density at radius 2 is 2.14 bits per heavy atom. The molecule has 0 saturated carbocycles. The highest BCUT2D eigenvalue weighted by molar-refractivity contribution is 5.16. The molecular formula is C7H8F3N3O. The molecule has 0 unspecified atom stereocenters. The Morgan fingerprint density at radius 1 is 1.43 bits per heavy atom. The van der Waals surface area contributed by atoms with Crippen molar-refractivity contribution in [3.05, 3.63) is 17.8 Å². The maximum atomic E-state index is 11.7. The Labute approximate surface area is 77.9 Å². The van der Waals surface area contributed by atoms with Crippen LogP contribution in [0.25, 0.3) is 0 Å². The quantitative estimate of drug-likeness (QED) is 0.799.